The van der Waals surface area contributed by atoms with Crippen LogP contribution in [-0.4, -0.2) is 23.0 Å². The van der Waals surface area contributed by atoms with E-state index in [0.717, 1.165) is 16.8 Å². The molecular formula is C23H18ClN3O3S. The maximum atomic E-state index is 12.7. The zero-order chi connectivity index (χ0) is 21.6. The highest BCUT2D eigenvalue weighted by atomic mass is 35.5. The first-order valence-corrected chi connectivity index (χ1v) is 10.6. The number of halogens is 1. The summed E-state index contributed by atoms with van der Waals surface area (Å²) in [6.07, 6.45) is 3.45. The van der Waals surface area contributed by atoms with E-state index in [-0.39, 0.29) is 5.91 Å². The number of anilines is 1. The lowest BCUT2D eigenvalue weighted by Gasteiger charge is -2.08. The summed E-state index contributed by atoms with van der Waals surface area (Å²) in [6, 6.07) is 16.2. The number of hydrogen-bond acceptors (Lipinski definition) is 6. The van der Waals surface area contributed by atoms with E-state index in [4.69, 9.17) is 21.1 Å². The molecule has 2 heterocycles. The second kappa shape index (κ2) is 9.59. The van der Waals surface area contributed by atoms with Crippen LogP contribution in [0.15, 0.2) is 72.4 Å². The third-order valence-electron chi connectivity index (χ3n) is 4.40. The molecule has 0 radical (unpaired) electrons. The van der Waals surface area contributed by atoms with Crippen molar-refractivity contribution >= 4 is 34.0 Å². The Morgan fingerprint density at radius 3 is 2.84 bits per heavy atom. The first-order chi connectivity index (χ1) is 15.1. The number of carbonyl (C=O) groups is 1. The Morgan fingerprint density at radius 2 is 2.06 bits per heavy atom. The summed E-state index contributed by atoms with van der Waals surface area (Å²) in [5.41, 5.74) is 2.99. The molecule has 1 amide bonds. The first kappa shape index (κ1) is 20.8. The Morgan fingerprint density at radius 1 is 1.16 bits per heavy atom. The van der Waals surface area contributed by atoms with E-state index >= 15 is 0 Å². The van der Waals surface area contributed by atoms with E-state index < -0.39 is 0 Å². The lowest BCUT2D eigenvalue weighted by molar-refractivity contribution is 0.102. The van der Waals surface area contributed by atoms with Crippen LogP contribution in [0.1, 0.15) is 15.9 Å². The monoisotopic (exact) mass is 451 g/mol. The van der Waals surface area contributed by atoms with Gasteiger partial charge in [0.05, 0.1) is 17.8 Å². The maximum Gasteiger partial charge on any atom is 0.257 e. The van der Waals surface area contributed by atoms with Crippen LogP contribution >= 0.6 is 22.9 Å². The first-order valence-electron chi connectivity index (χ1n) is 9.35. The van der Waals surface area contributed by atoms with Gasteiger partial charge >= 0.3 is 0 Å². The molecule has 1 N–H and O–H groups in total. The van der Waals surface area contributed by atoms with Crippen molar-refractivity contribution in [1.82, 2.24) is 9.97 Å². The quantitative estimate of drug-likeness (QED) is 0.390. The number of benzene rings is 2. The van der Waals surface area contributed by atoms with Gasteiger partial charge in [-0.25, -0.2) is 4.98 Å². The zero-order valence-electron chi connectivity index (χ0n) is 16.5. The minimum absolute atomic E-state index is 0.263. The van der Waals surface area contributed by atoms with Gasteiger partial charge in [0.2, 0.25) is 0 Å². The molecule has 31 heavy (non-hydrogen) atoms. The summed E-state index contributed by atoms with van der Waals surface area (Å²) in [6.45, 7) is 0.374. The molecule has 4 rings (SSSR count). The molecule has 0 aliphatic heterocycles. The second-order valence-electron chi connectivity index (χ2n) is 6.52. The summed E-state index contributed by atoms with van der Waals surface area (Å²) < 4.78 is 10.9. The molecule has 0 atom stereocenters. The molecule has 156 valence electrons. The van der Waals surface area contributed by atoms with Gasteiger partial charge in [0.15, 0.2) is 5.13 Å². The fourth-order valence-electron chi connectivity index (χ4n) is 2.84. The Balaban J connectivity index is 1.42. The number of thiazole rings is 1. The third-order valence-corrected chi connectivity index (χ3v) is 5.45. The molecule has 0 saturated carbocycles. The predicted octanol–water partition coefficient (Wildman–Crippen LogP) is 5.70. The number of nitrogens with one attached hydrogen (secondary N) is 1. The summed E-state index contributed by atoms with van der Waals surface area (Å²) in [5, 5.41) is 5.69. The lowest BCUT2D eigenvalue weighted by atomic mass is 10.2. The van der Waals surface area contributed by atoms with Gasteiger partial charge in [0, 0.05) is 34.5 Å². The van der Waals surface area contributed by atoms with Gasteiger partial charge in [-0.1, -0.05) is 23.7 Å². The largest absolute Gasteiger partial charge is 0.495 e. The van der Waals surface area contributed by atoms with Crippen LogP contribution in [0.25, 0.3) is 11.3 Å². The number of hydrogen-bond donors (Lipinski definition) is 1. The van der Waals surface area contributed by atoms with Crippen LogP contribution in [0, 0.1) is 0 Å². The van der Waals surface area contributed by atoms with Crippen LogP contribution in [-0.2, 0) is 6.61 Å². The predicted molar refractivity (Wildman–Crippen MR) is 122 cm³/mol. The Labute approximate surface area is 188 Å². The normalized spacial score (nSPS) is 10.5. The van der Waals surface area contributed by atoms with Crippen LogP contribution < -0.4 is 14.8 Å². The van der Waals surface area contributed by atoms with E-state index in [0.29, 0.717) is 33.8 Å². The molecule has 0 unspecified atom stereocenters. The van der Waals surface area contributed by atoms with Crippen molar-refractivity contribution < 1.29 is 14.3 Å². The van der Waals surface area contributed by atoms with E-state index in [9.17, 15) is 4.79 Å². The van der Waals surface area contributed by atoms with Crippen molar-refractivity contribution in [2.75, 3.05) is 12.4 Å². The molecule has 6 nitrogen and oxygen atoms in total. The van der Waals surface area contributed by atoms with Gasteiger partial charge in [-0.2, -0.15) is 0 Å². The number of carbonyl (C=O) groups excluding carboxylic acids is 1. The summed E-state index contributed by atoms with van der Waals surface area (Å²) in [4.78, 5) is 21.2. The van der Waals surface area contributed by atoms with E-state index in [1.165, 1.54) is 11.3 Å². The highest BCUT2D eigenvalue weighted by Crippen LogP contribution is 2.32. The molecule has 0 aliphatic carbocycles. The minimum atomic E-state index is -0.263. The van der Waals surface area contributed by atoms with Gasteiger partial charge in [-0.15, -0.1) is 11.3 Å². The van der Waals surface area contributed by atoms with Crippen molar-refractivity contribution in [2.24, 2.45) is 0 Å². The van der Waals surface area contributed by atoms with Gasteiger partial charge in [0.1, 0.15) is 18.1 Å². The Hall–Kier alpha value is -3.42. The van der Waals surface area contributed by atoms with Crippen molar-refractivity contribution in [3.8, 4) is 22.8 Å². The summed E-state index contributed by atoms with van der Waals surface area (Å²) in [5.74, 6) is 0.935. The number of amides is 1. The smallest absolute Gasteiger partial charge is 0.257 e. The number of pyridine rings is 1. The van der Waals surface area contributed by atoms with Crippen molar-refractivity contribution in [2.45, 2.75) is 6.61 Å². The maximum absolute atomic E-state index is 12.7. The third kappa shape index (κ3) is 5.20. The highest BCUT2D eigenvalue weighted by molar-refractivity contribution is 7.14. The Bertz CT molecular complexity index is 1200. The zero-order valence-corrected chi connectivity index (χ0v) is 18.1. The number of rotatable bonds is 7. The number of methoxy groups -OCH3 is 1. The van der Waals surface area contributed by atoms with Crippen LogP contribution in [0.4, 0.5) is 5.13 Å². The number of ether oxygens (including phenoxy) is 2. The van der Waals surface area contributed by atoms with Crippen molar-refractivity contribution in [3.63, 3.8) is 0 Å². The van der Waals surface area contributed by atoms with E-state index in [1.54, 1.807) is 49.8 Å². The number of nitrogens with zero attached hydrogens (tertiary/aromatic N) is 2. The van der Waals surface area contributed by atoms with Gasteiger partial charge in [-0.3, -0.25) is 15.1 Å². The van der Waals surface area contributed by atoms with Crippen LogP contribution in [0.5, 0.6) is 11.5 Å². The topological polar surface area (TPSA) is 73.3 Å². The SMILES string of the molecule is COc1ccc(-c2csc(NC(=O)c3cccc(OCc4cccnc4)c3)n2)cc1Cl. The molecule has 0 bridgehead atoms. The molecule has 0 saturated heterocycles. The molecule has 2 aromatic heterocycles. The van der Waals surface area contributed by atoms with Gasteiger partial charge in [-0.05, 0) is 42.5 Å². The molecule has 2 aromatic carbocycles. The standard InChI is InChI=1S/C23H18ClN3O3S/c1-29-21-8-7-16(11-19(21)24)20-14-31-23(26-20)27-22(28)17-5-2-6-18(10-17)30-13-15-4-3-9-25-12-15/h2-12,14H,13H2,1H3,(H,26,27,28). The Kier molecular flexibility index (Phi) is 6.45. The fourth-order valence-corrected chi connectivity index (χ4v) is 3.81. The molecule has 0 aliphatic rings. The number of aromatic nitrogens is 2. The molecule has 4 aromatic rings. The van der Waals surface area contributed by atoms with Crippen molar-refractivity contribution in [3.05, 3.63) is 88.5 Å². The fraction of sp³-hybridized carbons (Fsp3) is 0.0870. The average molecular weight is 452 g/mol. The second-order valence-corrected chi connectivity index (χ2v) is 7.78. The molecule has 0 spiro atoms. The van der Waals surface area contributed by atoms with E-state index in [2.05, 4.69) is 15.3 Å². The van der Waals surface area contributed by atoms with Crippen molar-refractivity contribution in [1.29, 1.82) is 0 Å². The van der Waals surface area contributed by atoms with Crippen LogP contribution in [0.2, 0.25) is 5.02 Å². The van der Waals surface area contributed by atoms with Crippen LogP contribution in [0.3, 0.4) is 0 Å². The minimum Gasteiger partial charge on any atom is -0.495 e. The summed E-state index contributed by atoms with van der Waals surface area (Å²) in [7, 11) is 1.57. The molecule has 0 fully saturated rings. The van der Waals surface area contributed by atoms with E-state index in [1.807, 2.05) is 29.6 Å². The molecular weight excluding hydrogens is 434 g/mol. The molecule has 8 heteroatoms. The summed E-state index contributed by atoms with van der Waals surface area (Å²) >= 11 is 7.54. The highest BCUT2D eigenvalue weighted by Gasteiger charge is 2.12. The van der Waals surface area contributed by atoms with Gasteiger partial charge in [0.25, 0.3) is 5.91 Å². The van der Waals surface area contributed by atoms with Gasteiger partial charge < -0.3 is 9.47 Å². The average Bonchev–Trinajstić information content (AvgIpc) is 3.27. The lowest BCUT2D eigenvalue weighted by Crippen LogP contribution is -2.11.